The molecule has 1 aromatic heterocycles. The van der Waals surface area contributed by atoms with Gasteiger partial charge >= 0.3 is 0 Å². The highest BCUT2D eigenvalue weighted by Gasteiger charge is 2.41. The van der Waals surface area contributed by atoms with Crippen molar-refractivity contribution >= 4 is 44.1 Å². The normalized spacial score (nSPS) is 19.4. The monoisotopic (exact) mass is 486 g/mol. The van der Waals surface area contributed by atoms with Gasteiger partial charge in [0.05, 0.1) is 15.5 Å². The summed E-state index contributed by atoms with van der Waals surface area (Å²) in [7, 11) is -4.27. The molecule has 32 heavy (non-hydrogen) atoms. The molecular formula is C19H14ClF3N4O4S. The number of nitrogens with one attached hydrogen (secondary N) is 2. The van der Waals surface area contributed by atoms with Gasteiger partial charge in [0, 0.05) is 41.9 Å². The second-order valence-corrected chi connectivity index (χ2v) is 9.47. The lowest BCUT2D eigenvalue weighted by Gasteiger charge is -2.16. The summed E-state index contributed by atoms with van der Waals surface area (Å²) in [5, 5.41) is 4.77. The summed E-state index contributed by atoms with van der Waals surface area (Å²) in [5.74, 6) is -3.36. The quantitative estimate of drug-likeness (QED) is 0.421. The first-order valence-electron chi connectivity index (χ1n) is 9.15. The van der Waals surface area contributed by atoms with Crippen LogP contribution in [0.4, 0.5) is 18.9 Å². The third-order valence-electron chi connectivity index (χ3n) is 5.09. The molecule has 3 aromatic rings. The lowest BCUT2D eigenvalue weighted by molar-refractivity contribution is 0.102. The summed E-state index contributed by atoms with van der Waals surface area (Å²) in [6.07, 6.45) is -0.260. The number of rotatable bonds is 5. The fourth-order valence-electron chi connectivity index (χ4n) is 3.46. The van der Waals surface area contributed by atoms with E-state index in [0.29, 0.717) is 10.9 Å². The summed E-state index contributed by atoms with van der Waals surface area (Å²) in [6, 6.07) is 4.29. The Bertz CT molecular complexity index is 1320. The number of carbonyl (C=O) groups excluding carboxylic acids is 1. The van der Waals surface area contributed by atoms with Gasteiger partial charge in [0.25, 0.3) is 5.91 Å². The number of alkyl halides is 1. The van der Waals surface area contributed by atoms with Gasteiger partial charge in [-0.2, -0.15) is 9.21 Å². The standard InChI is InChI=1S/C19H14ClF3N4O4S/c20-13-3-9(4-14(21)18(13)23)25-19(28)12-5-10(6-16-11(12)1-2-24-16)32(30,31)27-7-15(22)17(8-27)26-29/h1-6,15,17,24H,7-8H2,(H,25,28). The van der Waals surface area contributed by atoms with E-state index in [0.717, 1.165) is 22.5 Å². The van der Waals surface area contributed by atoms with Gasteiger partial charge in [-0.3, -0.25) is 4.79 Å². The van der Waals surface area contributed by atoms with Crippen molar-refractivity contribution in [2.24, 2.45) is 5.18 Å². The lowest BCUT2D eigenvalue weighted by atomic mass is 10.1. The molecule has 8 nitrogen and oxygen atoms in total. The van der Waals surface area contributed by atoms with Crippen LogP contribution >= 0.6 is 11.6 Å². The van der Waals surface area contributed by atoms with E-state index < -0.39 is 57.9 Å². The van der Waals surface area contributed by atoms with Gasteiger partial charge in [-0.25, -0.2) is 21.6 Å². The number of aromatic amines is 1. The highest BCUT2D eigenvalue weighted by molar-refractivity contribution is 7.89. The second kappa shape index (κ2) is 8.19. The van der Waals surface area contributed by atoms with Crippen LogP contribution < -0.4 is 5.32 Å². The Morgan fingerprint density at radius 2 is 1.97 bits per heavy atom. The number of anilines is 1. The average molecular weight is 487 g/mol. The lowest BCUT2D eigenvalue weighted by Crippen LogP contribution is -2.30. The molecular weight excluding hydrogens is 473 g/mol. The van der Waals surface area contributed by atoms with E-state index in [-0.39, 0.29) is 16.1 Å². The van der Waals surface area contributed by atoms with Gasteiger partial charge in [0.2, 0.25) is 10.0 Å². The number of halogens is 4. The van der Waals surface area contributed by atoms with E-state index in [1.807, 2.05) is 0 Å². The van der Waals surface area contributed by atoms with Crippen molar-refractivity contribution in [2.75, 3.05) is 18.4 Å². The van der Waals surface area contributed by atoms with Crippen LogP contribution in [0.3, 0.4) is 0 Å². The minimum absolute atomic E-state index is 0.0933. The van der Waals surface area contributed by atoms with Gasteiger partial charge < -0.3 is 10.3 Å². The Labute approximate surface area is 184 Å². The van der Waals surface area contributed by atoms with Crippen molar-refractivity contribution < 1.29 is 26.4 Å². The van der Waals surface area contributed by atoms with Crippen molar-refractivity contribution in [3.63, 3.8) is 0 Å². The Morgan fingerprint density at radius 1 is 1.22 bits per heavy atom. The molecule has 2 atom stereocenters. The van der Waals surface area contributed by atoms with Crippen molar-refractivity contribution in [1.82, 2.24) is 9.29 Å². The molecule has 0 bridgehead atoms. The van der Waals surface area contributed by atoms with Crippen LogP contribution in [-0.4, -0.2) is 48.9 Å². The Hall–Kier alpha value is -2.96. The van der Waals surface area contributed by atoms with E-state index in [9.17, 15) is 31.3 Å². The highest BCUT2D eigenvalue weighted by Crippen LogP contribution is 2.30. The van der Waals surface area contributed by atoms with E-state index in [1.54, 1.807) is 0 Å². The molecule has 0 aliphatic carbocycles. The van der Waals surface area contributed by atoms with Crippen molar-refractivity contribution in [1.29, 1.82) is 0 Å². The molecule has 1 aliphatic heterocycles. The Balaban J connectivity index is 1.72. The fraction of sp³-hybridized carbons (Fsp3) is 0.211. The number of nitrogens with zero attached hydrogens (tertiary/aromatic N) is 2. The van der Waals surface area contributed by atoms with Crippen molar-refractivity contribution in [2.45, 2.75) is 17.1 Å². The number of H-pyrrole nitrogens is 1. The second-order valence-electron chi connectivity index (χ2n) is 7.13. The number of benzene rings is 2. The van der Waals surface area contributed by atoms with Crippen LogP contribution in [0, 0.1) is 16.5 Å². The average Bonchev–Trinajstić information content (AvgIpc) is 3.37. The van der Waals surface area contributed by atoms with Crippen LogP contribution in [0.5, 0.6) is 0 Å². The zero-order valence-electron chi connectivity index (χ0n) is 16.0. The van der Waals surface area contributed by atoms with E-state index in [2.05, 4.69) is 15.5 Å². The molecule has 168 valence electrons. The maximum absolute atomic E-state index is 13.9. The smallest absolute Gasteiger partial charge is 0.256 e. The van der Waals surface area contributed by atoms with Crippen LogP contribution in [0.2, 0.25) is 5.02 Å². The minimum Gasteiger partial charge on any atom is -0.361 e. The zero-order valence-corrected chi connectivity index (χ0v) is 17.6. The zero-order chi connectivity index (χ0) is 23.2. The van der Waals surface area contributed by atoms with Gasteiger partial charge in [0.15, 0.2) is 11.6 Å². The molecule has 0 saturated carbocycles. The number of amides is 1. The van der Waals surface area contributed by atoms with E-state index in [4.69, 9.17) is 11.6 Å². The number of fused-ring (bicyclic) bond motifs is 1. The first kappa shape index (κ1) is 22.2. The molecule has 0 radical (unpaired) electrons. The van der Waals surface area contributed by atoms with Crippen LogP contribution in [-0.2, 0) is 10.0 Å². The van der Waals surface area contributed by atoms with Crippen molar-refractivity contribution in [3.8, 4) is 0 Å². The van der Waals surface area contributed by atoms with Gasteiger partial charge in [-0.1, -0.05) is 16.8 Å². The van der Waals surface area contributed by atoms with Crippen LogP contribution in [0.25, 0.3) is 10.9 Å². The number of carbonyl (C=O) groups is 1. The topological polar surface area (TPSA) is 112 Å². The molecule has 1 fully saturated rings. The number of sulfonamides is 1. The molecule has 2 unspecified atom stereocenters. The Kier molecular flexibility index (Phi) is 5.69. The SMILES string of the molecule is O=NC1CN(S(=O)(=O)c2cc(C(=O)Nc3cc(F)c(F)c(Cl)c3)c3cc[nH]c3c2)CC1F. The summed E-state index contributed by atoms with van der Waals surface area (Å²) in [6.45, 7) is -0.971. The summed E-state index contributed by atoms with van der Waals surface area (Å²) in [4.78, 5) is 26.1. The molecule has 2 N–H and O–H groups in total. The molecule has 1 amide bonds. The fourth-order valence-corrected chi connectivity index (χ4v) is 5.19. The predicted octanol–water partition coefficient (Wildman–Crippen LogP) is 3.83. The minimum atomic E-state index is -4.27. The van der Waals surface area contributed by atoms with Gasteiger partial charge in [-0.15, -0.1) is 0 Å². The molecule has 2 heterocycles. The number of hydrogen-bond donors (Lipinski definition) is 2. The molecule has 1 saturated heterocycles. The first-order chi connectivity index (χ1) is 15.1. The summed E-state index contributed by atoms with van der Waals surface area (Å²) in [5.41, 5.74) is 0.0559. The maximum Gasteiger partial charge on any atom is 0.256 e. The largest absolute Gasteiger partial charge is 0.361 e. The molecule has 0 spiro atoms. The third-order valence-corrected chi connectivity index (χ3v) is 7.17. The van der Waals surface area contributed by atoms with Crippen molar-refractivity contribution in [3.05, 3.63) is 63.7 Å². The molecule has 4 rings (SSSR count). The predicted molar refractivity (Wildman–Crippen MR) is 111 cm³/mol. The number of nitroso groups, excluding NO2 is 1. The summed E-state index contributed by atoms with van der Waals surface area (Å²) < 4.78 is 67.8. The first-order valence-corrected chi connectivity index (χ1v) is 11.0. The number of aromatic nitrogens is 1. The van der Waals surface area contributed by atoms with Crippen LogP contribution in [0.1, 0.15) is 10.4 Å². The van der Waals surface area contributed by atoms with E-state index in [1.165, 1.54) is 18.3 Å². The third kappa shape index (κ3) is 3.85. The molecule has 13 heteroatoms. The van der Waals surface area contributed by atoms with Gasteiger partial charge in [-0.05, 0) is 24.3 Å². The number of hydrogen-bond acceptors (Lipinski definition) is 5. The molecule has 1 aliphatic rings. The highest BCUT2D eigenvalue weighted by atomic mass is 35.5. The molecule has 2 aromatic carbocycles. The van der Waals surface area contributed by atoms with E-state index >= 15 is 0 Å². The van der Waals surface area contributed by atoms with Crippen LogP contribution in [0.15, 0.2) is 46.6 Å². The van der Waals surface area contributed by atoms with Gasteiger partial charge in [0.1, 0.15) is 12.2 Å². The maximum atomic E-state index is 13.9. The Morgan fingerprint density at radius 3 is 2.62 bits per heavy atom. The summed E-state index contributed by atoms with van der Waals surface area (Å²) >= 11 is 5.60.